The molecule has 6 fully saturated rings. The first-order chi connectivity index (χ1) is 22.9. The van der Waals surface area contributed by atoms with Gasteiger partial charge in [0.05, 0.1) is 11.8 Å². The van der Waals surface area contributed by atoms with Crippen molar-refractivity contribution < 1.29 is 19.4 Å². The van der Waals surface area contributed by atoms with Gasteiger partial charge in [0.15, 0.2) is 0 Å². The normalized spacial score (nSPS) is 43.2. The molecule has 0 aromatic rings. The van der Waals surface area contributed by atoms with E-state index in [1.807, 2.05) is 0 Å². The van der Waals surface area contributed by atoms with Crippen molar-refractivity contribution in [2.75, 3.05) is 32.7 Å². The van der Waals surface area contributed by atoms with Gasteiger partial charge in [0, 0.05) is 18.5 Å². The number of esters is 1. The molecule has 5 saturated carbocycles. The Morgan fingerprint density at radius 3 is 2.27 bits per heavy atom. The third kappa shape index (κ3) is 6.17. The van der Waals surface area contributed by atoms with Crippen molar-refractivity contribution in [1.29, 1.82) is 0 Å². The van der Waals surface area contributed by atoms with Gasteiger partial charge < -0.3 is 20.1 Å². The highest BCUT2D eigenvalue weighted by molar-refractivity contribution is 5.81. The number of allylic oxidation sites excluding steroid dienone is 1. The lowest BCUT2D eigenvalue weighted by Gasteiger charge is -2.73. The zero-order chi connectivity index (χ0) is 35.6. The number of nitrogens with zero attached hydrogens (tertiary/aromatic N) is 1. The van der Waals surface area contributed by atoms with Crippen LogP contribution in [-0.4, -0.2) is 60.8 Å². The second kappa shape index (κ2) is 13.2. The summed E-state index contributed by atoms with van der Waals surface area (Å²) in [6.45, 7) is 29.0. The molecule has 6 heteroatoms. The van der Waals surface area contributed by atoms with Crippen LogP contribution >= 0.6 is 0 Å². The first-order valence-corrected chi connectivity index (χ1v) is 20.4. The minimum Gasteiger partial charge on any atom is -0.481 e. The minimum absolute atomic E-state index is 0.0835. The summed E-state index contributed by atoms with van der Waals surface area (Å²) in [5.74, 6) is 2.03. The Balaban J connectivity index is 1.19. The number of likely N-dealkylation sites (tertiary alicyclic amines) is 1. The molecule has 278 valence electrons. The summed E-state index contributed by atoms with van der Waals surface area (Å²) < 4.78 is 6.20. The van der Waals surface area contributed by atoms with Crippen LogP contribution in [0.3, 0.4) is 0 Å². The molecular weight excluding hydrogens is 608 g/mol. The lowest BCUT2D eigenvalue weighted by molar-refractivity contribution is -0.250. The van der Waals surface area contributed by atoms with Gasteiger partial charge in [-0.3, -0.25) is 9.59 Å². The average Bonchev–Trinajstić information content (AvgIpc) is 3.67. The maximum Gasteiger partial charge on any atom is 0.309 e. The van der Waals surface area contributed by atoms with E-state index in [-0.39, 0.29) is 29.3 Å². The van der Waals surface area contributed by atoms with E-state index < -0.39 is 11.4 Å². The Morgan fingerprint density at radius 1 is 0.878 bits per heavy atom. The lowest BCUT2D eigenvalue weighted by atomic mass is 9.32. The number of rotatable bonds is 11. The van der Waals surface area contributed by atoms with E-state index in [4.69, 9.17) is 4.74 Å². The van der Waals surface area contributed by atoms with E-state index in [1.54, 1.807) is 13.8 Å². The summed E-state index contributed by atoms with van der Waals surface area (Å²) in [4.78, 5) is 27.4. The van der Waals surface area contributed by atoms with Gasteiger partial charge in [-0.15, -0.1) is 0 Å². The zero-order valence-corrected chi connectivity index (χ0v) is 32.7. The van der Waals surface area contributed by atoms with Gasteiger partial charge in [-0.2, -0.15) is 0 Å². The van der Waals surface area contributed by atoms with Gasteiger partial charge in [-0.05, 0) is 175 Å². The van der Waals surface area contributed by atoms with Crippen molar-refractivity contribution in [3.05, 3.63) is 12.2 Å². The number of carbonyl (C=O) groups excluding carboxylic acids is 1. The van der Waals surface area contributed by atoms with E-state index in [1.165, 1.54) is 95.8 Å². The van der Waals surface area contributed by atoms with Crippen LogP contribution in [0.4, 0.5) is 0 Å². The van der Waals surface area contributed by atoms with Gasteiger partial charge in [0.25, 0.3) is 0 Å². The Bertz CT molecular complexity index is 1270. The molecule has 5 aliphatic carbocycles. The monoisotopic (exact) mass is 681 g/mol. The smallest absolute Gasteiger partial charge is 0.309 e. The quantitative estimate of drug-likeness (QED) is 0.129. The van der Waals surface area contributed by atoms with Crippen LogP contribution in [0.5, 0.6) is 0 Å². The van der Waals surface area contributed by atoms with Crippen LogP contribution in [0.15, 0.2) is 12.2 Å². The molecule has 1 saturated heterocycles. The summed E-state index contributed by atoms with van der Waals surface area (Å²) >= 11 is 0. The number of carboxylic acids is 1. The van der Waals surface area contributed by atoms with E-state index in [0.717, 1.165) is 37.8 Å². The fourth-order valence-corrected chi connectivity index (χ4v) is 14.2. The van der Waals surface area contributed by atoms with Gasteiger partial charge in [0.2, 0.25) is 0 Å². The number of nitrogens with one attached hydrogen (secondary N) is 1. The fraction of sp³-hybridized carbons (Fsp3) is 0.907. The first kappa shape index (κ1) is 37.4. The molecule has 1 heterocycles. The zero-order valence-electron chi connectivity index (χ0n) is 32.7. The van der Waals surface area contributed by atoms with Crippen LogP contribution in [0.25, 0.3) is 0 Å². The molecule has 0 aromatic carbocycles. The van der Waals surface area contributed by atoms with Crippen molar-refractivity contribution in [2.45, 2.75) is 151 Å². The van der Waals surface area contributed by atoms with Crippen molar-refractivity contribution >= 4 is 11.9 Å². The number of hydrogen-bond acceptors (Lipinski definition) is 5. The third-order valence-corrected chi connectivity index (χ3v) is 17.2. The van der Waals surface area contributed by atoms with Crippen molar-refractivity contribution in [1.82, 2.24) is 10.2 Å². The van der Waals surface area contributed by atoms with Crippen molar-refractivity contribution in [3.63, 3.8) is 0 Å². The third-order valence-electron chi connectivity index (χ3n) is 17.2. The second-order valence-corrected chi connectivity index (χ2v) is 20.3. The largest absolute Gasteiger partial charge is 0.481 e. The average molecular weight is 681 g/mol. The molecule has 1 aliphatic heterocycles. The van der Waals surface area contributed by atoms with Crippen LogP contribution in [0, 0.1) is 62.1 Å². The summed E-state index contributed by atoms with van der Waals surface area (Å²) in [6, 6.07) is 0. The standard InChI is InChI=1S/C43H72N2O4/c1-29(2)30-14-19-43(22-23-44-24-27-45-25-10-11-26-45)21-20-41(8)31(36(30)43)12-13-33-40(7)17-16-34(49-35(46)28-38(3,4)37(47)48)39(5,6)32(40)15-18-42(33,41)9/h30-34,36,44H,1,10-28H2,2-9H3,(H,47,48)/t30-,31+,32-,33+,34-,36+,40-,41+,42+,43+/m0/s1. The number of carbonyl (C=O) groups is 2. The minimum atomic E-state index is -1.12. The molecule has 0 radical (unpaired) electrons. The molecular formula is C43H72N2O4. The molecule has 0 aromatic heterocycles. The SMILES string of the molecule is C=C(C)[C@@H]1CC[C@]2(CCNCCN3CCCC3)CC[C@]3(C)[C@H](CC[C@@H]4[C@@]5(C)CC[C@H](OC(=O)CC(C)(C)C(=O)O)C(C)(C)[C@@H]5CC[C@]43C)[C@@H]12. The molecule has 6 nitrogen and oxygen atoms in total. The fourth-order valence-electron chi connectivity index (χ4n) is 14.2. The van der Waals surface area contributed by atoms with Crippen molar-refractivity contribution in [2.24, 2.45) is 62.1 Å². The Morgan fingerprint density at radius 2 is 1.59 bits per heavy atom. The molecule has 49 heavy (non-hydrogen) atoms. The highest BCUT2D eigenvalue weighted by atomic mass is 16.5. The Kier molecular flexibility index (Phi) is 10.1. The topological polar surface area (TPSA) is 78.9 Å². The molecule has 0 amide bonds. The highest BCUT2D eigenvalue weighted by Gasteiger charge is 2.71. The molecule has 0 unspecified atom stereocenters. The molecule has 2 N–H and O–H groups in total. The highest BCUT2D eigenvalue weighted by Crippen LogP contribution is 2.78. The number of fused-ring (bicyclic) bond motifs is 7. The molecule has 6 aliphatic rings. The molecule has 10 atom stereocenters. The molecule has 6 rings (SSSR count). The van der Waals surface area contributed by atoms with Crippen molar-refractivity contribution in [3.8, 4) is 0 Å². The maximum absolute atomic E-state index is 13.1. The number of aliphatic carboxylic acids is 1. The predicted molar refractivity (Wildman–Crippen MR) is 198 cm³/mol. The summed E-state index contributed by atoms with van der Waals surface area (Å²) in [7, 11) is 0. The maximum atomic E-state index is 13.1. The second-order valence-electron chi connectivity index (χ2n) is 20.3. The number of ether oxygens (including phenoxy) is 1. The van der Waals surface area contributed by atoms with Gasteiger partial charge in [-0.25, -0.2) is 0 Å². The number of carboxylic acid groups (broad SMARTS) is 1. The van der Waals surface area contributed by atoms with Crippen LogP contribution in [0.1, 0.15) is 145 Å². The van der Waals surface area contributed by atoms with Crippen LogP contribution < -0.4 is 5.32 Å². The summed E-state index contributed by atoms with van der Waals surface area (Å²) in [5.41, 5.74) is 1.47. The Hall–Kier alpha value is -1.40. The molecule has 0 spiro atoms. The van der Waals surface area contributed by atoms with Crippen LogP contribution in [0.2, 0.25) is 0 Å². The van der Waals surface area contributed by atoms with E-state index in [0.29, 0.717) is 34.0 Å². The summed E-state index contributed by atoms with van der Waals surface area (Å²) in [6.07, 6.45) is 16.4. The Labute approximate surface area is 299 Å². The van der Waals surface area contributed by atoms with Gasteiger partial charge in [-0.1, -0.05) is 46.8 Å². The van der Waals surface area contributed by atoms with E-state index in [9.17, 15) is 14.7 Å². The van der Waals surface area contributed by atoms with E-state index >= 15 is 0 Å². The van der Waals surface area contributed by atoms with Crippen LogP contribution in [-0.2, 0) is 14.3 Å². The first-order valence-electron chi connectivity index (χ1n) is 20.4. The lowest BCUT2D eigenvalue weighted by Crippen LogP contribution is -2.66. The number of hydrogen-bond donors (Lipinski definition) is 2. The van der Waals surface area contributed by atoms with Gasteiger partial charge in [0.1, 0.15) is 6.10 Å². The van der Waals surface area contributed by atoms with Gasteiger partial charge >= 0.3 is 11.9 Å². The van der Waals surface area contributed by atoms with E-state index in [2.05, 4.69) is 58.3 Å². The molecule has 0 bridgehead atoms. The predicted octanol–water partition coefficient (Wildman–Crippen LogP) is 9.13. The summed E-state index contributed by atoms with van der Waals surface area (Å²) in [5, 5.41) is 13.5.